The highest BCUT2D eigenvalue weighted by atomic mass is 32.2. The maximum Gasteiger partial charge on any atom is 0.243 e. The number of hydrogen-bond acceptors (Lipinski definition) is 4. The van der Waals surface area contributed by atoms with E-state index in [9.17, 15) is 13.2 Å². The molecule has 0 aliphatic carbocycles. The van der Waals surface area contributed by atoms with Gasteiger partial charge in [-0.1, -0.05) is 6.07 Å². The Hall–Kier alpha value is -2.25. The zero-order valence-corrected chi connectivity index (χ0v) is 14.1. The molecule has 0 bridgehead atoms. The molecule has 0 aliphatic rings. The van der Waals surface area contributed by atoms with Crippen molar-refractivity contribution in [3.63, 3.8) is 0 Å². The Morgan fingerprint density at radius 2 is 1.87 bits per heavy atom. The van der Waals surface area contributed by atoms with Crippen molar-refractivity contribution in [1.29, 1.82) is 0 Å². The molecule has 0 fully saturated rings. The summed E-state index contributed by atoms with van der Waals surface area (Å²) in [5, 5.41) is 2.60. The lowest BCUT2D eigenvalue weighted by Crippen LogP contribution is -2.27. The van der Waals surface area contributed by atoms with E-state index in [-0.39, 0.29) is 17.3 Å². The molecule has 1 aromatic heterocycles. The van der Waals surface area contributed by atoms with E-state index in [4.69, 9.17) is 0 Å². The first-order valence-corrected chi connectivity index (χ1v) is 8.48. The summed E-state index contributed by atoms with van der Waals surface area (Å²) in [5.41, 5.74) is 1.93. The van der Waals surface area contributed by atoms with Crippen molar-refractivity contribution in [2.45, 2.75) is 25.3 Å². The number of nitrogens with one attached hydrogen (secondary N) is 1. The molecule has 0 saturated heterocycles. The second kappa shape index (κ2) is 6.89. The lowest BCUT2D eigenvalue weighted by molar-refractivity contribution is -0.114. The zero-order chi connectivity index (χ0) is 17.0. The van der Waals surface area contributed by atoms with Crippen LogP contribution in [0.3, 0.4) is 0 Å². The first-order valence-electron chi connectivity index (χ1n) is 7.04. The molecule has 1 amide bonds. The summed E-state index contributed by atoms with van der Waals surface area (Å²) in [6.45, 7) is 3.35. The second-order valence-corrected chi connectivity index (χ2v) is 7.29. The third kappa shape index (κ3) is 4.14. The maximum absolute atomic E-state index is 12.8. The molecule has 122 valence electrons. The summed E-state index contributed by atoms with van der Waals surface area (Å²) in [6, 6.07) is 8.38. The van der Waals surface area contributed by atoms with Gasteiger partial charge in [-0.15, -0.1) is 0 Å². The number of aryl methyl sites for hydroxylation is 1. The summed E-state index contributed by atoms with van der Waals surface area (Å²) < 4.78 is 26.9. The van der Waals surface area contributed by atoms with Crippen molar-refractivity contribution in [2.24, 2.45) is 0 Å². The fourth-order valence-corrected chi connectivity index (χ4v) is 3.56. The number of carbonyl (C=O) groups excluding carboxylic acids is 1. The molecule has 6 nitrogen and oxygen atoms in total. The van der Waals surface area contributed by atoms with Crippen molar-refractivity contribution in [3.8, 4) is 0 Å². The number of amides is 1. The fourth-order valence-electron chi connectivity index (χ4n) is 2.16. The number of anilines is 1. The van der Waals surface area contributed by atoms with Gasteiger partial charge in [-0.2, -0.15) is 4.31 Å². The van der Waals surface area contributed by atoms with Crippen LogP contribution in [0.2, 0.25) is 0 Å². The Morgan fingerprint density at radius 3 is 2.48 bits per heavy atom. The standard InChI is InChI=1S/C16H19N3O3S/c1-12-4-5-15(18-13(2)20)10-16(12)23(21,22)19(3)11-14-6-8-17-9-7-14/h4-10H,11H2,1-3H3,(H,18,20). The number of rotatable bonds is 5. The molecule has 2 aromatic rings. The van der Waals surface area contributed by atoms with E-state index in [0.717, 1.165) is 5.56 Å². The Morgan fingerprint density at radius 1 is 1.22 bits per heavy atom. The van der Waals surface area contributed by atoms with Gasteiger partial charge >= 0.3 is 0 Å². The van der Waals surface area contributed by atoms with Crippen molar-refractivity contribution in [2.75, 3.05) is 12.4 Å². The van der Waals surface area contributed by atoms with Gasteiger partial charge in [0, 0.05) is 38.6 Å². The number of hydrogen-bond donors (Lipinski definition) is 1. The van der Waals surface area contributed by atoms with Gasteiger partial charge in [0.2, 0.25) is 15.9 Å². The Kier molecular flexibility index (Phi) is 5.12. The van der Waals surface area contributed by atoms with E-state index in [1.54, 1.807) is 43.6 Å². The topological polar surface area (TPSA) is 79.4 Å². The number of carbonyl (C=O) groups is 1. The van der Waals surface area contributed by atoms with E-state index in [0.29, 0.717) is 11.3 Å². The molecule has 0 unspecified atom stereocenters. The average Bonchev–Trinajstić information content (AvgIpc) is 2.49. The van der Waals surface area contributed by atoms with E-state index in [1.165, 1.54) is 24.3 Å². The fraction of sp³-hybridized carbons (Fsp3) is 0.250. The summed E-state index contributed by atoms with van der Waals surface area (Å²) in [4.78, 5) is 15.3. The normalized spacial score (nSPS) is 11.5. The first kappa shape index (κ1) is 17.1. The van der Waals surface area contributed by atoms with Crippen molar-refractivity contribution in [3.05, 3.63) is 53.9 Å². The SMILES string of the molecule is CC(=O)Nc1ccc(C)c(S(=O)(=O)N(C)Cc2ccncc2)c1. The monoisotopic (exact) mass is 333 g/mol. The summed E-state index contributed by atoms with van der Waals surface area (Å²) in [6.07, 6.45) is 3.25. The lowest BCUT2D eigenvalue weighted by Gasteiger charge is -2.19. The molecule has 0 aliphatic heterocycles. The van der Waals surface area contributed by atoms with E-state index in [1.807, 2.05) is 0 Å². The Bertz CT molecular complexity index is 805. The number of sulfonamides is 1. The smallest absolute Gasteiger partial charge is 0.243 e. The molecule has 2 rings (SSSR count). The van der Waals surface area contributed by atoms with Crippen LogP contribution >= 0.6 is 0 Å². The van der Waals surface area contributed by atoms with Gasteiger partial charge in [0.05, 0.1) is 4.90 Å². The molecule has 1 N–H and O–H groups in total. The highest BCUT2D eigenvalue weighted by Gasteiger charge is 2.23. The first-order chi connectivity index (χ1) is 10.8. The van der Waals surface area contributed by atoms with Crippen LogP contribution < -0.4 is 5.32 Å². The minimum atomic E-state index is -3.66. The van der Waals surface area contributed by atoms with Gasteiger partial charge in [-0.05, 0) is 42.3 Å². The van der Waals surface area contributed by atoms with Crippen LogP contribution in [-0.4, -0.2) is 30.7 Å². The van der Waals surface area contributed by atoms with Crippen molar-refractivity contribution < 1.29 is 13.2 Å². The number of pyridine rings is 1. The predicted molar refractivity (Wildman–Crippen MR) is 88.4 cm³/mol. The quantitative estimate of drug-likeness (QED) is 0.909. The predicted octanol–water partition coefficient (Wildman–Crippen LogP) is 2.17. The summed E-state index contributed by atoms with van der Waals surface area (Å²) >= 11 is 0. The van der Waals surface area contributed by atoms with Crippen LogP contribution in [0.15, 0.2) is 47.6 Å². The lowest BCUT2D eigenvalue weighted by atomic mass is 10.2. The molecule has 0 spiro atoms. The maximum atomic E-state index is 12.8. The van der Waals surface area contributed by atoms with Crippen LogP contribution in [0.25, 0.3) is 0 Å². The van der Waals surface area contributed by atoms with Crippen LogP contribution in [0.4, 0.5) is 5.69 Å². The van der Waals surface area contributed by atoms with Crippen LogP contribution in [0.5, 0.6) is 0 Å². The van der Waals surface area contributed by atoms with E-state index < -0.39 is 10.0 Å². The largest absolute Gasteiger partial charge is 0.326 e. The minimum Gasteiger partial charge on any atom is -0.326 e. The summed E-state index contributed by atoms with van der Waals surface area (Å²) in [7, 11) is -2.14. The van der Waals surface area contributed by atoms with Crippen LogP contribution in [0.1, 0.15) is 18.1 Å². The number of aromatic nitrogens is 1. The van der Waals surface area contributed by atoms with Gasteiger partial charge in [0.1, 0.15) is 0 Å². The highest BCUT2D eigenvalue weighted by molar-refractivity contribution is 7.89. The summed E-state index contributed by atoms with van der Waals surface area (Å²) in [5.74, 6) is -0.248. The van der Waals surface area contributed by atoms with E-state index in [2.05, 4.69) is 10.3 Å². The van der Waals surface area contributed by atoms with Gasteiger partial charge < -0.3 is 5.32 Å². The molecule has 1 aromatic carbocycles. The zero-order valence-electron chi connectivity index (χ0n) is 13.3. The molecule has 0 atom stereocenters. The van der Waals surface area contributed by atoms with Gasteiger partial charge in [0.15, 0.2) is 0 Å². The molecule has 0 saturated carbocycles. The number of nitrogens with zero attached hydrogens (tertiary/aromatic N) is 2. The van der Waals surface area contributed by atoms with Crippen molar-refractivity contribution in [1.82, 2.24) is 9.29 Å². The van der Waals surface area contributed by atoms with Gasteiger partial charge in [0.25, 0.3) is 0 Å². The second-order valence-electron chi connectivity index (χ2n) is 5.28. The molecule has 7 heteroatoms. The minimum absolute atomic E-state index is 0.181. The third-order valence-electron chi connectivity index (χ3n) is 3.35. The van der Waals surface area contributed by atoms with Crippen LogP contribution in [-0.2, 0) is 21.4 Å². The molecular weight excluding hydrogens is 314 g/mol. The molecule has 0 radical (unpaired) electrons. The Balaban J connectivity index is 2.33. The van der Waals surface area contributed by atoms with E-state index >= 15 is 0 Å². The third-order valence-corrected chi connectivity index (χ3v) is 5.30. The molecule has 23 heavy (non-hydrogen) atoms. The number of benzene rings is 1. The van der Waals surface area contributed by atoms with Gasteiger partial charge in [-0.3, -0.25) is 9.78 Å². The molecular formula is C16H19N3O3S. The average molecular weight is 333 g/mol. The van der Waals surface area contributed by atoms with Gasteiger partial charge in [-0.25, -0.2) is 8.42 Å². The Labute approximate surface area is 136 Å². The van der Waals surface area contributed by atoms with Crippen molar-refractivity contribution >= 4 is 21.6 Å². The van der Waals surface area contributed by atoms with Crippen LogP contribution in [0, 0.1) is 6.92 Å². The molecule has 1 heterocycles. The highest BCUT2D eigenvalue weighted by Crippen LogP contribution is 2.24.